The summed E-state index contributed by atoms with van der Waals surface area (Å²) in [6.07, 6.45) is 0. The highest BCUT2D eigenvalue weighted by atomic mass is 79.9. The molecule has 2 rings (SSSR count). The summed E-state index contributed by atoms with van der Waals surface area (Å²) in [6, 6.07) is 12.3. The molecule has 0 aliphatic rings. The minimum atomic E-state index is 0.731. The Hall–Kier alpha value is -0.990. The minimum absolute atomic E-state index is 0.731. The van der Waals surface area contributed by atoms with E-state index in [1.807, 2.05) is 18.2 Å². The van der Waals surface area contributed by atoms with E-state index in [2.05, 4.69) is 53.3 Å². The molecule has 0 spiro atoms. The molecule has 0 aromatic heterocycles. The van der Waals surface area contributed by atoms with Gasteiger partial charge in [-0.1, -0.05) is 51.3 Å². The third-order valence-corrected chi connectivity index (χ3v) is 3.70. The van der Waals surface area contributed by atoms with Gasteiger partial charge < -0.3 is 5.32 Å². The summed E-state index contributed by atoms with van der Waals surface area (Å²) in [5, 5.41) is 4.09. The predicted octanol–water partition coefficient (Wildman–Crippen LogP) is 5.33. The molecule has 0 fully saturated rings. The number of rotatable bonds is 3. The van der Waals surface area contributed by atoms with Gasteiger partial charge in [0.25, 0.3) is 0 Å². The van der Waals surface area contributed by atoms with Crippen molar-refractivity contribution < 1.29 is 0 Å². The quantitative estimate of drug-likeness (QED) is 0.804. The van der Waals surface area contributed by atoms with Crippen molar-refractivity contribution in [2.45, 2.75) is 20.4 Å². The molecule has 0 unspecified atom stereocenters. The van der Waals surface area contributed by atoms with E-state index in [1.165, 1.54) is 16.7 Å². The number of anilines is 1. The molecule has 2 aromatic carbocycles. The van der Waals surface area contributed by atoms with E-state index in [0.717, 1.165) is 21.7 Å². The Bertz CT molecular complexity index is 515. The molecule has 1 N–H and O–H groups in total. The maximum Gasteiger partial charge on any atom is 0.0648 e. The molecule has 0 bridgehead atoms. The van der Waals surface area contributed by atoms with Gasteiger partial charge in [0.1, 0.15) is 0 Å². The van der Waals surface area contributed by atoms with E-state index in [0.29, 0.717) is 0 Å². The summed E-state index contributed by atoms with van der Waals surface area (Å²) in [5.41, 5.74) is 4.84. The Labute approximate surface area is 121 Å². The average molecular weight is 325 g/mol. The number of aryl methyl sites for hydroxylation is 2. The monoisotopic (exact) mass is 323 g/mol. The van der Waals surface area contributed by atoms with E-state index >= 15 is 0 Å². The van der Waals surface area contributed by atoms with Crippen LogP contribution in [0.2, 0.25) is 5.02 Å². The van der Waals surface area contributed by atoms with Crippen LogP contribution in [0.15, 0.2) is 40.9 Å². The number of halogens is 2. The standard InChI is InChI=1S/C15H15BrClN/c1-10-3-4-12(11(2)7-10)9-18-15-6-5-13(16)8-14(15)17/h3-8,18H,9H2,1-2H3. The van der Waals surface area contributed by atoms with Crippen LogP contribution in [0.1, 0.15) is 16.7 Å². The highest BCUT2D eigenvalue weighted by Gasteiger charge is 2.02. The molecule has 94 valence electrons. The minimum Gasteiger partial charge on any atom is -0.380 e. The fourth-order valence-corrected chi connectivity index (χ4v) is 2.61. The number of nitrogens with one attached hydrogen (secondary N) is 1. The molecule has 0 atom stereocenters. The molecular weight excluding hydrogens is 310 g/mol. The normalized spacial score (nSPS) is 10.4. The van der Waals surface area contributed by atoms with Crippen molar-refractivity contribution in [3.63, 3.8) is 0 Å². The maximum atomic E-state index is 6.17. The van der Waals surface area contributed by atoms with Gasteiger partial charge in [-0.05, 0) is 43.2 Å². The summed E-state index contributed by atoms with van der Waals surface area (Å²) >= 11 is 9.57. The lowest BCUT2D eigenvalue weighted by Crippen LogP contribution is -2.02. The first-order valence-corrected chi connectivity index (χ1v) is 6.98. The molecule has 0 amide bonds. The summed E-state index contributed by atoms with van der Waals surface area (Å²) in [4.78, 5) is 0. The number of benzene rings is 2. The third-order valence-electron chi connectivity index (χ3n) is 2.90. The number of hydrogen-bond acceptors (Lipinski definition) is 1. The van der Waals surface area contributed by atoms with E-state index in [1.54, 1.807) is 0 Å². The van der Waals surface area contributed by atoms with Gasteiger partial charge in [0, 0.05) is 11.0 Å². The SMILES string of the molecule is Cc1ccc(CNc2ccc(Br)cc2Cl)c(C)c1. The van der Waals surface area contributed by atoms with Gasteiger partial charge in [0.2, 0.25) is 0 Å². The highest BCUT2D eigenvalue weighted by Crippen LogP contribution is 2.26. The lowest BCUT2D eigenvalue weighted by molar-refractivity contribution is 1.11. The smallest absolute Gasteiger partial charge is 0.0648 e. The molecule has 0 saturated heterocycles. The Morgan fingerprint density at radius 1 is 1.11 bits per heavy atom. The lowest BCUT2D eigenvalue weighted by Gasteiger charge is -2.11. The molecule has 0 heterocycles. The van der Waals surface area contributed by atoms with Crippen LogP contribution in [0.5, 0.6) is 0 Å². The zero-order valence-corrected chi connectivity index (χ0v) is 12.8. The molecule has 3 heteroatoms. The Kier molecular flexibility index (Phi) is 4.31. The lowest BCUT2D eigenvalue weighted by atomic mass is 10.1. The van der Waals surface area contributed by atoms with Crippen LogP contribution in [0, 0.1) is 13.8 Å². The van der Waals surface area contributed by atoms with Gasteiger partial charge in [-0.15, -0.1) is 0 Å². The van der Waals surface area contributed by atoms with Crippen molar-refractivity contribution in [1.29, 1.82) is 0 Å². The van der Waals surface area contributed by atoms with Crippen molar-refractivity contribution in [1.82, 2.24) is 0 Å². The van der Waals surface area contributed by atoms with Crippen LogP contribution in [-0.2, 0) is 6.54 Å². The van der Waals surface area contributed by atoms with Crippen molar-refractivity contribution in [2.75, 3.05) is 5.32 Å². The topological polar surface area (TPSA) is 12.0 Å². The van der Waals surface area contributed by atoms with Crippen molar-refractivity contribution in [3.8, 4) is 0 Å². The Morgan fingerprint density at radius 2 is 1.89 bits per heavy atom. The predicted molar refractivity (Wildman–Crippen MR) is 82.4 cm³/mol. The van der Waals surface area contributed by atoms with Crippen molar-refractivity contribution >= 4 is 33.2 Å². The van der Waals surface area contributed by atoms with Gasteiger partial charge in [0.15, 0.2) is 0 Å². The van der Waals surface area contributed by atoms with Gasteiger partial charge in [-0.3, -0.25) is 0 Å². The average Bonchev–Trinajstić information content (AvgIpc) is 2.30. The van der Waals surface area contributed by atoms with Crippen LogP contribution in [0.4, 0.5) is 5.69 Å². The summed E-state index contributed by atoms with van der Waals surface area (Å²) in [7, 11) is 0. The second-order valence-electron chi connectivity index (χ2n) is 4.41. The van der Waals surface area contributed by atoms with E-state index in [-0.39, 0.29) is 0 Å². The first-order valence-electron chi connectivity index (χ1n) is 5.81. The summed E-state index contributed by atoms with van der Waals surface area (Å²) in [5.74, 6) is 0. The Balaban J connectivity index is 2.11. The first kappa shape index (κ1) is 13.4. The number of hydrogen-bond donors (Lipinski definition) is 1. The largest absolute Gasteiger partial charge is 0.380 e. The van der Waals surface area contributed by atoms with Gasteiger partial charge in [-0.25, -0.2) is 0 Å². The van der Waals surface area contributed by atoms with E-state index in [9.17, 15) is 0 Å². The molecule has 0 aliphatic carbocycles. The summed E-state index contributed by atoms with van der Waals surface area (Å²) < 4.78 is 0.990. The van der Waals surface area contributed by atoms with Crippen LogP contribution >= 0.6 is 27.5 Å². The van der Waals surface area contributed by atoms with Gasteiger partial charge >= 0.3 is 0 Å². The van der Waals surface area contributed by atoms with E-state index in [4.69, 9.17) is 11.6 Å². The summed E-state index contributed by atoms with van der Waals surface area (Å²) in [6.45, 7) is 5.02. The van der Waals surface area contributed by atoms with Crippen LogP contribution in [0.25, 0.3) is 0 Å². The molecule has 2 aromatic rings. The molecule has 18 heavy (non-hydrogen) atoms. The highest BCUT2D eigenvalue weighted by molar-refractivity contribution is 9.10. The second kappa shape index (κ2) is 5.77. The first-order chi connectivity index (χ1) is 8.56. The van der Waals surface area contributed by atoms with Crippen molar-refractivity contribution in [3.05, 3.63) is 62.6 Å². The van der Waals surface area contributed by atoms with Crippen LogP contribution in [0.3, 0.4) is 0 Å². The maximum absolute atomic E-state index is 6.17. The Morgan fingerprint density at radius 3 is 2.56 bits per heavy atom. The molecule has 0 saturated carbocycles. The van der Waals surface area contributed by atoms with E-state index < -0.39 is 0 Å². The second-order valence-corrected chi connectivity index (χ2v) is 5.73. The zero-order chi connectivity index (χ0) is 13.1. The van der Waals surface area contributed by atoms with Crippen LogP contribution < -0.4 is 5.32 Å². The fourth-order valence-electron chi connectivity index (χ4n) is 1.87. The van der Waals surface area contributed by atoms with Gasteiger partial charge in [0.05, 0.1) is 10.7 Å². The van der Waals surface area contributed by atoms with Gasteiger partial charge in [-0.2, -0.15) is 0 Å². The molecular formula is C15H15BrClN. The fraction of sp³-hybridized carbons (Fsp3) is 0.200. The molecule has 1 nitrogen and oxygen atoms in total. The third kappa shape index (κ3) is 3.27. The van der Waals surface area contributed by atoms with Crippen molar-refractivity contribution in [2.24, 2.45) is 0 Å². The molecule has 0 radical (unpaired) electrons. The molecule has 0 aliphatic heterocycles. The zero-order valence-electron chi connectivity index (χ0n) is 10.4. The van der Waals surface area contributed by atoms with Crippen LogP contribution in [-0.4, -0.2) is 0 Å².